The molecule has 3 heterocycles. The topological polar surface area (TPSA) is 37.1 Å². The zero-order chi connectivity index (χ0) is 22.2. The Morgan fingerprint density at radius 1 is 0.812 bits per heavy atom. The van der Waals surface area contributed by atoms with Crippen LogP contribution in [0.2, 0.25) is 0 Å². The number of aromatic nitrogens is 1. The third kappa shape index (κ3) is 3.28. The van der Waals surface area contributed by atoms with E-state index >= 15 is 0 Å². The van der Waals surface area contributed by atoms with Crippen molar-refractivity contribution >= 4 is 16.6 Å². The first-order chi connectivity index (χ1) is 15.6. The van der Waals surface area contributed by atoms with E-state index in [2.05, 4.69) is 72.8 Å². The maximum atomic E-state index is 10.5. The van der Waals surface area contributed by atoms with Crippen LogP contribution in [-0.4, -0.2) is 41.7 Å². The monoisotopic (exact) mass is 424 g/mol. The van der Waals surface area contributed by atoms with Crippen molar-refractivity contribution in [3.63, 3.8) is 0 Å². The molecule has 0 unspecified atom stereocenters. The van der Waals surface area contributed by atoms with Crippen molar-refractivity contribution in [1.82, 2.24) is 9.30 Å². The Morgan fingerprint density at radius 2 is 1.53 bits per heavy atom. The first-order valence-corrected chi connectivity index (χ1v) is 11.1. The molecule has 0 bridgehead atoms. The predicted molar refractivity (Wildman–Crippen MR) is 132 cm³/mol. The van der Waals surface area contributed by atoms with E-state index in [0.29, 0.717) is 12.4 Å². The molecule has 3 aromatic heterocycles. The van der Waals surface area contributed by atoms with Gasteiger partial charge >= 0.3 is 0 Å². The number of aromatic hydroxyl groups is 1. The molecule has 0 spiro atoms. The van der Waals surface area contributed by atoms with Crippen molar-refractivity contribution in [3.05, 3.63) is 78.4 Å². The number of nitrogens with zero attached hydrogens (tertiary/aromatic N) is 2. The van der Waals surface area contributed by atoms with Crippen LogP contribution in [-0.2, 0) is 6.42 Å². The number of hydrogen-bond donors (Lipinski definition) is 1. The van der Waals surface area contributed by atoms with Gasteiger partial charge in [-0.05, 0) is 56.4 Å². The van der Waals surface area contributed by atoms with Crippen molar-refractivity contribution in [3.8, 4) is 33.8 Å². The van der Waals surface area contributed by atoms with Gasteiger partial charge in [-0.25, -0.2) is 0 Å². The van der Waals surface area contributed by atoms with Gasteiger partial charge in [0.05, 0.1) is 16.6 Å². The molecule has 5 rings (SSSR count). The Bertz CT molecular complexity index is 1380. The van der Waals surface area contributed by atoms with Crippen molar-refractivity contribution in [2.45, 2.75) is 13.3 Å². The van der Waals surface area contributed by atoms with Crippen LogP contribution in [0.5, 0.6) is 11.5 Å². The Balaban J connectivity index is 1.75. The molecule has 0 radical (unpaired) electrons. The fourth-order valence-corrected chi connectivity index (χ4v) is 4.67. The molecular weight excluding hydrogens is 396 g/mol. The highest BCUT2D eigenvalue weighted by atomic mass is 16.5. The lowest BCUT2D eigenvalue weighted by atomic mass is 9.97. The summed E-state index contributed by atoms with van der Waals surface area (Å²) in [5, 5.41) is 10.5. The molecule has 4 nitrogen and oxygen atoms in total. The number of ether oxygens (including phenoxy) is 1. The van der Waals surface area contributed by atoms with Gasteiger partial charge in [-0.1, -0.05) is 49.4 Å². The minimum absolute atomic E-state index is 0.297. The second kappa shape index (κ2) is 8.21. The molecule has 0 saturated carbocycles. The molecule has 1 N–H and O–H groups in total. The minimum atomic E-state index is 0.297. The van der Waals surface area contributed by atoms with E-state index in [0.717, 1.165) is 46.4 Å². The maximum Gasteiger partial charge on any atom is 0.127 e. The largest absolute Gasteiger partial charge is 0.507 e. The number of rotatable bonds is 7. The molecule has 162 valence electrons. The first kappa shape index (κ1) is 20.4. The van der Waals surface area contributed by atoms with E-state index in [1.54, 1.807) is 6.07 Å². The SMILES string of the molecule is CCc1c(-c2ccccc2OCCN(C)C)c2cc(-c3ccccc3O)c3cccc1n32. The van der Waals surface area contributed by atoms with Crippen LogP contribution in [0.1, 0.15) is 12.5 Å². The van der Waals surface area contributed by atoms with Gasteiger partial charge in [0.1, 0.15) is 18.1 Å². The summed E-state index contributed by atoms with van der Waals surface area (Å²) in [4.78, 5) is 2.12. The quantitative estimate of drug-likeness (QED) is 0.344. The molecule has 0 aliphatic rings. The lowest BCUT2D eigenvalue weighted by Gasteiger charge is -2.14. The minimum Gasteiger partial charge on any atom is -0.507 e. The van der Waals surface area contributed by atoms with E-state index in [1.807, 2.05) is 24.3 Å². The second-order valence-corrected chi connectivity index (χ2v) is 8.45. The Kier molecular flexibility index (Phi) is 5.24. The number of likely N-dealkylation sites (N-methyl/N-ethyl adjacent to an activating group) is 1. The van der Waals surface area contributed by atoms with Gasteiger partial charge < -0.3 is 19.1 Å². The summed E-state index contributed by atoms with van der Waals surface area (Å²) in [5.41, 5.74) is 8.99. The van der Waals surface area contributed by atoms with E-state index in [1.165, 1.54) is 16.6 Å². The number of phenolic OH excluding ortho intramolecular Hbond substituents is 1. The molecule has 32 heavy (non-hydrogen) atoms. The molecule has 0 atom stereocenters. The summed E-state index contributed by atoms with van der Waals surface area (Å²) in [6, 6.07) is 24.5. The van der Waals surface area contributed by atoms with Crippen molar-refractivity contribution < 1.29 is 9.84 Å². The number of hydrogen-bond acceptors (Lipinski definition) is 3. The van der Waals surface area contributed by atoms with E-state index in [9.17, 15) is 5.11 Å². The van der Waals surface area contributed by atoms with Crippen LogP contribution in [0.15, 0.2) is 72.8 Å². The summed E-state index contributed by atoms with van der Waals surface area (Å²) in [6.45, 7) is 3.71. The Labute approximate surface area is 188 Å². The fraction of sp³-hybridized carbons (Fsp3) is 0.214. The average Bonchev–Trinajstić information content (AvgIpc) is 3.32. The molecule has 0 aliphatic heterocycles. The number of benzene rings is 2. The number of aryl methyl sites for hydroxylation is 1. The highest BCUT2D eigenvalue weighted by Crippen LogP contribution is 2.45. The Morgan fingerprint density at radius 3 is 2.28 bits per heavy atom. The van der Waals surface area contributed by atoms with Gasteiger partial charge in [0.2, 0.25) is 0 Å². The molecular formula is C28H28N2O2. The molecule has 5 aromatic rings. The molecule has 4 heteroatoms. The number of phenols is 1. The van der Waals surface area contributed by atoms with Gasteiger partial charge in [0, 0.05) is 28.8 Å². The van der Waals surface area contributed by atoms with Gasteiger partial charge in [-0.15, -0.1) is 0 Å². The number of para-hydroxylation sites is 2. The zero-order valence-electron chi connectivity index (χ0n) is 18.8. The van der Waals surface area contributed by atoms with Crippen molar-refractivity contribution in [2.75, 3.05) is 27.2 Å². The molecule has 0 amide bonds. The first-order valence-electron chi connectivity index (χ1n) is 11.1. The summed E-state index contributed by atoms with van der Waals surface area (Å²) >= 11 is 0. The Hall–Kier alpha value is -3.50. The van der Waals surface area contributed by atoms with E-state index < -0.39 is 0 Å². The van der Waals surface area contributed by atoms with Crippen molar-refractivity contribution in [2.24, 2.45) is 0 Å². The third-order valence-electron chi connectivity index (χ3n) is 6.16. The van der Waals surface area contributed by atoms with Gasteiger partial charge in [-0.3, -0.25) is 0 Å². The second-order valence-electron chi connectivity index (χ2n) is 8.45. The van der Waals surface area contributed by atoms with Crippen LogP contribution >= 0.6 is 0 Å². The predicted octanol–water partition coefficient (Wildman–Crippen LogP) is 6.07. The highest BCUT2D eigenvalue weighted by molar-refractivity contribution is 6.02. The van der Waals surface area contributed by atoms with Crippen LogP contribution in [0.25, 0.3) is 38.8 Å². The zero-order valence-corrected chi connectivity index (χ0v) is 18.8. The summed E-state index contributed by atoms with van der Waals surface area (Å²) in [7, 11) is 4.11. The lowest BCUT2D eigenvalue weighted by molar-refractivity contribution is 0.262. The molecule has 0 saturated heterocycles. The molecule has 0 fully saturated rings. The van der Waals surface area contributed by atoms with Crippen LogP contribution in [0.3, 0.4) is 0 Å². The van der Waals surface area contributed by atoms with Crippen LogP contribution in [0.4, 0.5) is 0 Å². The summed E-state index contributed by atoms with van der Waals surface area (Å²) in [5.74, 6) is 1.20. The normalized spacial score (nSPS) is 11.8. The van der Waals surface area contributed by atoms with Gasteiger partial charge in [-0.2, -0.15) is 0 Å². The third-order valence-corrected chi connectivity index (χ3v) is 6.16. The van der Waals surface area contributed by atoms with E-state index in [-0.39, 0.29) is 0 Å². The average molecular weight is 425 g/mol. The fourth-order valence-electron chi connectivity index (χ4n) is 4.67. The summed E-state index contributed by atoms with van der Waals surface area (Å²) < 4.78 is 8.56. The van der Waals surface area contributed by atoms with Crippen LogP contribution in [0, 0.1) is 0 Å². The number of pyridine rings is 1. The highest BCUT2D eigenvalue weighted by Gasteiger charge is 2.23. The summed E-state index contributed by atoms with van der Waals surface area (Å²) in [6.07, 6.45) is 0.925. The van der Waals surface area contributed by atoms with Crippen molar-refractivity contribution in [1.29, 1.82) is 0 Å². The maximum absolute atomic E-state index is 10.5. The standard InChI is InChI=1S/C28H28N2O2/c1-4-19-23-12-9-13-24-22(20-10-5-7-14-26(20)31)18-25(30(23)24)28(19)21-11-6-8-15-27(21)32-17-16-29(2)3/h5-15,18,31H,4,16-17H2,1-3H3. The van der Waals surface area contributed by atoms with Gasteiger partial charge in [0.25, 0.3) is 0 Å². The molecule has 2 aromatic carbocycles. The lowest BCUT2D eigenvalue weighted by Crippen LogP contribution is -2.19. The molecule has 0 aliphatic carbocycles. The van der Waals surface area contributed by atoms with Gasteiger partial charge in [0.15, 0.2) is 0 Å². The van der Waals surface area contributed by atoms with Crippen LogP contribution < -0.4 is 4.74 Å². The van der Waals surface area contributed by atoms with E-state index in [4.69, 9.17) is 4.74 Å². The smallest absolute Gasteiger partial charge is 0.127 e.